The van der Waals surface area contributed by atoms with E-state index in [-0.39, 0.29) is 17.9 Å². The highest BCUT2D eigenvalue weighted by molar-refractivity contribution is 5.81. The number of hydrogen-bond donors (Lipinski definition) is 3. The Bertz CT molecular complexity index is 1010. The Morgan fingerprint density at radius 3 is 1.87 bits per heavy atom. The fourth-order valence-electron chi connectivity index (χ4n) is 5.16. The molecule has 1 heterocycles. The Morgan fingerprint density at radius 1 is 1.07 bits per heavy atom. The van der Waals surface area contributed by atoms with E-state index in [1.165, 1.54) is 25.3 Å². The zero-order valence-electron chi connectivity index (χ0n) is 27.8. The van der Waals surface area contributed by atoms with Crippen molar-refractivity contribution in [2.75, 3.05) is 34.2 Å². The van der Waals surface area contributed by atoms with E-state index in [2.05, 4.69) is 41.2 Å². The number of likely N-dealkylation sites (tertiary alicyclic amines) is 1. The van der Waals surface area contributed by atoms with E-state index in [1.807, 2.05) is 13.1 Å². The maximum Gasteiger partial charge on any atom is 0.471 e. The molecule has 2 amide bonds. The molecule has 2 saturated carbocycles. The summed E-state index contributed by atoms with van der Waals surface area (Å²) in [5, 5.41) is 15.8. The first-order valence-corrected chi connectivity index (χ1v) is 14.9. The van der Waals surface area contributed by atoms with Crippen LogP contribution in [0.15, 0.2) is 0 Å². The van der Waals surface area contributed by atoms with Crippen LogP contribution in [-0.2, 0) is 23.9 Å². The number of aldehydes is 2. The summed E-state index contributed by atoms with van der Waals surface area (Å²) >= 11 is 0. The number of nitrogens with zero attached hydrogens (tertiary/aromatic N) is 2. The van der Waals surface area contributed by atoms with Crippen molar-refractivity contribution < 1.29 is 50.3 Å². The normalized spacial score (nSPS) is 22.5. The molecule has 0 bridgehead atoms. The van der Waals surface area contributed by atoms with Crippen LogP contribution in [0.1, 0.15) is 66.7 Å². The monoisotopic (exact) mass is 673 g/mol. The van der Waals surface area contributed by atoms with Gasteiger partial charge < -0.3 is 35.2 Å². The molecular formula is C30H49F6N5O5. The lowest BCUT2D eigenvalue weighted by Gasteiger charge is -2.30. The zero-order chi connectivity index (χ0) is 36.1. The molecule has 4 unspecified atom stereocenters. The first-order chi connectivity index (χ1) is 21.0. The predicted molar refractivity (Wildman–Crippen MR) is 158 cm³/mol. The fraction of sp³-hybridized carbons (Fsp3) is 0.833. The van der Waals surface area contributed by atoms with Gasteiger partial charge in [-0.2, -0.15) is 31.6 Å². The van der Waals surface area contributed by atoms with E-state index in [0.717, 1.165) is 58.3 Å². The Kier molecular flexibility index (Phi) is 16.9. The Hall–Kier alpha value is -2.77. The third kappa shape index (κ3) is 14.3. The van der Waals surface area contributed by atoms with Crippen LogP contribution in [0.5, 0.6) is 0 Å². The lowest BCUT2D eigenvalue weighted by molar-refractivity contribution is -0.274. The molecule has 3 aliphatic rings. The van der Waals surface area contributed by atoms with E-state index in [1.54, 1.807) is 0 Å². The first kappa shape index (κ1) is 43.2. The van der Waals surface area contributed by atoms with Crippen molar-refractivity contribution in [3.8, 4) is 6.07 Å². The molecular weight excluding hydrogens is 624 g/mol. The van der Waals surface area contributed by atoms with Crippen molar-refractivity contribution in [2.45, 2.75) is 102 Å². The summed E-state index contributed by atoms with van der Waals surface area (Å²) in [4.78, 5) is 43.2. The largest absolute Gasteiger partial charge is 0.471 e. The summed E-state index contributed by atoms with van der Waals surface area (Å²) in [6.07, 6.45) is -4.69. The van der Waals surface area contributed by atoms with Crippen molar-refractivity contribution in [3.05, 3.63) is 0 Å². The van der Waals surface area contributed by atoms with Gasteiger partial charge in [-0.1, -0.05) is 13.8 Å². The lowest BCUT2D eigenvalue weighted by atomic mass is 9.93. The highest BCUT2D eigenvalue weighted by Crippen LogP contribution is 2.61. The highest BCUT2D eigenvalue weighted by Gasteiger charge is 2.61. The molecule has 1 aliphatic heterocycles. The molecule has 46 heavy (non-hydrogen) atoms. The van der Waals surface area contributed by atoms with Gasteiger partial charge in [0.25, 0.3) is 0 Å². The van der Waals surface area contributed by atoms with Crippen molar-refractivity contribution >= 4 is 24.9 Å². The summed E-state index contributed by atoms with van der Waals surface area (Å²) in [6.45, 7) is 10.8. The second-order valence-corrected chi connectivity index (χ2v) is 13.0. The Balaban J connectivity index is 0.000000608. The van der Waals surface area contributed by atoms with Gasteiger partial charge in [0.05, 0.1) is 12.2 Å². The minimum absolute atomic E-state index is 0.0283. The number of amides is 2. The van der Waals surface area contributed by atoms with Gasteiger partial charge in [-0.15, -0.1) is 0 Å². The van der Waals surface area contributed by atoms with Crippen LogP contribution in [0.2, 0.25) is 0 Å². The van der Waals surface area contributed by atoms with Crippen LogP contribution in [0.3, 0.4) is 0 Å². The fourth-order valence-corrected chi connectivity index (χ4v) is 5.16. The Labute approximate surface area is 267 Å². The van der Waals surface area contributed by atoms with Crippen molar-refractivity contribution in [1.29, 1.82) is 5.26 Å². The van der Waals surface area contributed by atoms with Crippen molar-refractivity contribution in [3.63, 3.8) is 0 Å². The number of fused-ring (bicyclic) bond motifs is 1. The average Bonchev–Trinajstić information content (AvgIpc) is 3.76. The number of nitriles is 1. The summed E-state index contributed by atoms with van der Waals surface area (Å²) in [5.41, 5.74) is -1.41. The number of halogens is 6. The van der Waals surface area contributed by atoms with Gasteiger partial charge in [0, 0.05) is 38.0 Å². The van der Waals surface area contributed by atoms with Crippen LogP contribution in [-0.4, -0.2) is 99.7 Å². The number of carbonyl (C=O) groups excluding carboxylic acids is 4. The van der Waals surface area contributed by atoms with E-state index < -0.39 is 36.0 Å². The standard InChI is InChI=1S/C11H17N3O2.C8H13F3O2.C8H15N.C3H4F3NO/c1-13-11(2-3-11)5-9(7-15)4-10(6-12)14-8-16;1-6(4-5-12)13-7(2,3)8(9,10)11;1-8(2)6-4-9(3)5-7(6)8;1-7-2(8)3(4,5)6/h7-10,13H,2-5H2,1H3,(H,14,16);5-6H,4H2,1-3H3;6-7H,4-5H2,1-3H3;1H3,(H,7,8)/t;6-;;/m.1../s1. The van der Waals surface area contributed by atoms with Crippen LogP contribution in [0.25, 0.3) is 0 Å². The molecule has 266 valence electrons. The molecule has 0 spiro atoms. The number of hydrogen-bond acceptors (Lipinski definition) is 8. The SMILES string of the molecule is CN1CC2C(C1)C2(C)C.CNC(=O)C(F)(F)F.CNC1(CC(C=O)CC(C#N)NC=O)CC1.C[C@H](CC=O)OC(C)(C)C(F)(F)F. The first-order valence-electron chi connectivity index (χ1n) is 14.9. The topological polar surface area (TPSA) is 141 Å². The molecule has 3 N–H and O–H groups in total. The minimum atomic E-state index is -4.74. The molecule has 5 atom stereocenters. The van der Waals surface area contributed by atoms with Crippen molar-refractivity contribution in [1.82, 2.24) is 20.9 Å². The van der Waals surface area contributed by atoms with Crippen LogP contribution < -0.4 is 16.0 Å². The second-order valence-electron chi connectivity index (χ2n) is 13.0. The summed E-state index contributed by atoms with van der Waals surface area (Å²) in [6, 6.07) is 1.40. The quantitative estimate of drug-likeness (QED) is 0.210. The predicted octanol–water partition coefficient (Wildman–Crippen LogP) is 3.79. The van der Waals surface area contributed by atoms with Gasteiger partial charge in [-0.3, -0.25) is 9.59 Å². The van der Waals surface area contributed by atoms with E-state index in [9.17, 15) is 45.5 Å². The van der Waals surface area contributed by atoms with Crippen LogP contribution in [0, 0.1) is 34.5 Å². The van der Waals surface area contributed by atoms with Crippen LogP contribution in [0.4, 0.5) is 26.3 Å². The molecule has 0 aromatic carbocycles. The van der Waals surface area contributed by atoms with Gasteiger partial charge in [0.15, 0.2) is 5.60 Å². The molecule has 0 aromatic heterocycles. The molecule has 0 aromatic rings. The summed E-state index contributed by atoms with van der Waals surface area (Å²) < 4.78 is 74.5. The molecule has 2 aliphatic carbocycles. The smallest absolute Gasteiger partial charge is 0.363 e. The summed E-state index contributed by atoms with van der Waals surface area (Å²) in [7, 11) is 5.04. The number of carbonyl (C=O) groups is 4. The number of alkyl halides is 6. The molecule has 3 rings (SSSR count). The zero-order valence-corrected chi connectivity index (χ0v) is 27.8. The minimum Gasteiger partial charge on any atom is -0.363 e. The van der Waals surface area contributed by atoms with Gasteiger partial charge >= 0.3 is 18.3 Å². The Morgan fingerprint density at radius 2 is 1.59 bits per heavy atom. The highest BCUT2D eigenvalue weighted by atomic mass is 19.4. The third-order valence-electron chi connectivity index (χ3n) is 8.59. The van der Waals surface area contributed by atoms with E-state index in [0.29, 0.717) is 24.5 Å². The summed E-state index contributed by atoms with van der Waals surface area (Å²) in [5.74, 6) is -0.0328. The average molecular weight is 674 g/mol. The number of nitrogens with one attached hydrogen (secondary N) is 3. The molecule has 1 saturated heterocycles. The number of ether oxygens (including phenoxy) is 1. The number of piperidine rings is 1. The maximum absolute atomic E-state index is 12.2. The van der Waals surface area contributed by atoms with E-state index >= 15 is 0 Å². The van der Waals surface area contributed by atoms with Gasteiger partial charge in [0.2, 0.25) is 6.41 Å². The third-order valence-corrected chi connectivity index (χ3v) is 8.59. The molecule has 0 radical (unpaired) electrons. The molecule has 10 nitrogen and oxygen atoms in total. The molecule has 16 heteroatoms. The van der Waals surface area contributed by atoms with Gasteiger partial charge in [-0.05, 0) is 77.8 Å². The van der Waals surface area contributed by atoms with E-state index in [4.69, 9.17) is 5.26 Å². The van der Waals surface area contributed by atoms with Gasteiger partial charge in [-0.25, -0.2) is 0 Å². The van der Waals surface area contributed by atoms with Crippen molar-refractivity contribution in [2.24, 2.45) is 23.2 Å². The molecule has 3 fully saturated rings. The lowest BCUT2D eigenvalue weighted by Crippen LogP contribution is -2.44. The maximum atomic E-state index is 12.2. The number of rotatable bonds is 12. The van der Waals surface area contributed by atoms with Crippen LogP contribution >= 0.6 is 0 Å². The second kappa shape index (κ2) is 18.0. The van der Waals surface area contributed by atoms with Gasteiger partial charge in [0.1, 0.15) is 18.6 Å².